The summed E-state index contributed by atoms with van der Waals surface area (Å²) < 4.78 is 15.8. The highest BCUT2D eigenvalue weighted by atomic mass is 16.5. The van der Waals surface area contributed by atoms with Crippen molar-refractivity contribution in [3.63, 3.8) is 0 Å². The third kappa shape index (κ3) is 4.79. The van der Waals surface area contributed by atoms with Gasteiger partial charge in [-0.2, -0.15) is 0 Å². The Labute approximate surface area is 113 Å². The number of ether oxygens (including phenoxy) is 3. The molecular formula is C14H21NO4. The molecule has 0 radical (unpaired) electrons. The quantitative estimate of drug-likeness (QED) is 0.466. The summed E-state index contributed by atoms with van der Waals surface area (Å²) >= 11 is 0. The monoisotopic (exact) mass is 267 g/mol. The molecule has 0 fully saturated rings. The maximum atomic E-state index is 11.7. The van der Waals surface area contributed by atoms with Crippen molar-refractivity contribution in [3.8, 4) is 5.75 Å². The van der Waals surface area contributed by atoms with Crippen LogP contribution in [0.2, 0.25) is 0 Å². The second-order valence-electron chi connectivity index (χ2n) is 4.21. The molecule has 2 N–H and O–H groups in total. The zero-order chi connectivity index (χ0) is 14.3. The lowest BCUT2D eigenvalue weighted by Gasteiger charge is -2.12. The van der Waals surface area contributed by atoms with Crippen LogP contribution in [0, 0.1) is 0 Å². The van der Waals surface area contributed by atoms with Gasteiger partial charge in [-0.15, -0.1) is 0 Å². The van der Waals surface area contributed by atoms with Crippen LogP contribution >= 0.6 is 0 Å². The fraction of sp³-hybridized carbons (Fsp3) is 0.500. The molecule has 1 aromatic carbocycles. The standard InChI is InChI=1S/C14H21NO4/c1-4-17-14(16)11-6-5-7-12(13(11)15)19-9-8-18-10(2)3/h5-7,10H,4,8-9,15H2,1-3H3. The van der Waals surface area contributed by atoms with E-state index in [4.69, 9.17) is 19.9 Å². The van der Waals surface area contributed by atoms with Crippen molar-refractivity contribution in [2.24, 2.45) is 0 Å². The molecule has 1 rings (SSSR count). The number of anilines is 1. The van der Waals surface area contributed by atoms with Gasteiger partial charge >= 0.3 is 5.97 Å². The summed E-state index contributed by atoms with van der Waals surface area (Å²) in [5, 5.41) is 0. The number of para-hydroxylation sites is 1. The molecule has 0 bridgehead atoms. The van der Waals surface area contributed by atoms with Gasteiger partial charge in [-0.3, -0.25) is 0 Å². The summed E-state index contributed by atoms with van der Waals surface area (Å²) in [6, 6.07) is 5.04. The van der Waals surface area contributed by atoms with Gasteiger partial charge in [0.15, 0.2) is 0 Å². The van der Waals surface area contributed by atoms with Gasteiger partial charge in [0.2, 0.25) is 0 Å². The molecule has 19 heavy (non-hydrogen) atoms. The third-order valence-corrected chi connectivity index (χ3v) is 2.35. The lowest BCUT2D eigenvalue weighted by atomic mass is 10.1. The van der Waals surface area contributed by atoms with E-state index in [1.165, 1.54) is 0 Å². The molecule has 0 aliphatic carbocycles. The summed E-state index contributed by atoms with van der Waals surface area (Å²) in [6.07, 6.45) is 0.159. The topological polar surface area (TPSA) is 70.8 Å². The minimum atomic E-state index is -0.441. The van der Waals surface area contributed by atoms with E-state index in [0.29, 0.717) is 36.8 Å². The third-order valence-electron chi connectivity index (χ3n) is 2.35. The minimum absolute atomic E-state index is 0.159. The van der Waals surface area contributed by atoms with Gasteiger partial charge in [-0.1, -0.05) is 6.07 Å². The first-order valence-corrected chi connectivity index (χ1v) is 6.36. The Bertz CT molecular complexity index is 418. The number of hydrogen-bond acceptors (Lipinski definition) is 5. The van der Waals surface area contributed by atoms with Crippen molar-refractivity contribution >= 4 is 11.7 Å². The van der Waals surface area contributed by atoms with Crippen LogP contribution in [0.25, 0.3) is 0 Å². The van der Waals surface area contributed by atoms with Crippen LogP contribution in [-0.2, 0) is 9.47 Å². The molecule has 0 saturated heterocycles. The van der Waals surface area contributed by atoms with E-state index in [-0.39, 0.29) is 6.10 Å². The highest BCUT2D eigenvalue weighted by Gasteiger charge is 2.14. The van der Waals surface area contributed by atoms with Crippen LogP contribution in [0.5, 0.6) is 5.75 Å². The van der Waals surface area contributed by atoms with Gasteiger partial charge in [0.05, 0.1) is 30.6 Å². The summed E-state index contributed by atoms with van der Waals surface area (Å²) in [4.78, 5) is 11.7. The van der Waals surface area contributed by atoms with E-state index in [2.05, 4.69) is 0 Å². The lowest BCUT2D eigenvalue weighted by molar-refractivity contribution is 0.0525. The first-order chi connectivity index (χ1) is 9.06. The lowest BCUT2D eigenvalue weighted by Crippen LogP contribution is -2.13. The second kappa shape index (κ2) is 7.63. The van der Waals surface area contributed by atoms with Gasteiger partial charge in [-0.25, -0.2) is 4.79 Å². The molecule has 0 amide bonds. The number of nitrogens with two attached hydrogens (primary N) is 1. The Hall–Kier alpha value is -1.75. The molecule has 106 valence electrons. The van der Waals surface area contributed by atoms with Crippen LogP contribution in [0.4, 0.5) is 5.69 Å². The van der Waals surface area contributed by atoms with Crippen molar-refractivity contribution < 1.29 is 19.0 Å². The Morgan fingerprint density at radius 3 is 2.68 bits per heavy atom. The van der Waals surface area contributed by atoms with E-state index in [1.54, 1.807) is 25.1 Å². The van der Waals surface area contributed by atoms with Gasteiger partial charge in [0, 0.05) is 0 Å². The van der Waals surface area contributed by atoms with E-state index in [1.807, 2.05) is 13.8 Å². The molecule has 0 aliphatic rings. The van der Waals surface area contributed by atoms with Gasteiger partial charge in [0.1, 0.15) is 12.4 Å². The Balaban J connectivity index is 2.64. The molecule has 0 aromatic heterocycles. The molecule has 0 unspecified atom stereocenters. The number of hydrogen-bond donors (Lipinski definition) is 1. The van der Waals surface area contributed by atoms with E-state index in [0.717, 1.165) is 0 Å². The fourth-order valence-corrected chi connectivity index (χ4v) is 1.49. The largest absolute Gasteiger partial charge is 0.489 e. The Kier molecular flexibility index (Phi) is 6.15. The normalized spacial score (nSPS) is 10.5. The summed E-state index contributed by atoms with van der Waals surface area (Å²) in [5.74, 6) is 0.0294. The molecular weight excluding hydrogens is 246 g/mol. The van der Waals surface area contributed by atoms with Crippen molar-refractivity contribution in [1.82, 2.24) is 0 Å². The first-order valence-electron chi connectivity index (χ1n) is 6.36. The number of carbonyl (C=O) groups is 1. The maximum Gasteiger partial charge on any atom is 0.340 e. The van der Waals surface area contributed by atoms with Gasteiger partial charge in [-0.05, 0) is 32.9 Å². The number of esters is 1. The van der Waals surface area contributed by atoms with Crippen molar-refractivity contribution in [2.45, 2.75) is 26.9 Å². The van der Waals surface area contributed by atoms with Crippen LogP contribution in [0.3, 0.4) is 0 Å². The van der Waals surface area contributed by atoms with Crippen LogP contribution < -0.4 is 10.5 Å². The predicted octanol–water partition coefficient (Wildman–Crippen LogP) is 2.25. The fourth-order valence-electron chi connectivity index (χ4n) is 1.49. The average Bonchev–Trinajstić information content (AvgIpc) is 2.36. The summed E-state index contributed by atoms with van der Waals surface area (Å²) in [6.45, 7) is 6.82. The van der Waals surface area contributed by atoms with Crippen molar-refractivity contribution in [3.05, 3.63) is 23.8 Å². The van der Waals surface area contributed by atoms with E-state index < -0.39 is 5.97 Å². The summed E-state index contributed by atoms with van der Waals surface area (Å²) in [7, 11) is 0. The Morgan fingerprint density at radius 2 is 2.05 bits per heavy atom. The van der Waals surface area contributed by atoms with Crippen molar-refractivity contribution in [2.75, 3.05) is 25.6 Å². The highest BCUT2D eigenvalue weighted by Crippen LogP contribution is 2.25. The molecule has 1 aromatic rings. The maximum absolute atomic E-state index is 11.7. The van der Waals surface area contributed by atoms with Crippen LogP contribution in [-0.4, -0.2) is 31.9 Å². The number of benzene rings is 1. The SMILES string of the molecule is CCOC(=O)c1cccc(OCCOC(C)C)c1N. The molecule has 0 aliphatic heterocycles. The van der Waals surface area contributed by atoms with Crippen LogP contribution in [0.15, 0.2) is 18.2 Å². The minimum Gasteiger partial charge on any atom is -0.489 e. The number of rotatable bonds is 7. The molecule has 5 nitrogen and oxygen atoms in total. The highest BCUT2D eigenvalue weighted by molar-refractivity contribution is 5.96. The van der Waals surface area contributed by atoms with E-state index in [9.17, 15) is 4.79 Å². The zero-order valence-electron chi connectivity index (χ0n) is 11.6. The smallest absolute Gasteiger partial charge is 0.340 e. The number of nitrogen functional groups attached to an aromatic ring is 1. The first kappa shape index (κ1) is 15.3. The number of carbonyl (C=O) groups excluding carboxylic acids is 1. The van der Waals surface area contributed by atoms with Crippen LogP contribution in [0.1, 0.15) is 31.1 Å². The van der Waals surface area contributed by atoms with Gasteiger partial charge in [0.25, 0.3) is 0 Å². The van der Waals surface area contributed by atoms with Crippen molar-refractivity contribution in [1.29, 1.82) is 0 Å². The second-order valence-corrected chi connectivity index (χ2v) is 4.21. The molecule has 0 heterocycles. The Morgan fingerprint density at radius 1 is 1.32 bits per heavy atom. The average molecular weight is 267 g/mol. The predicted molar refractivity (Wildman–Crippen MR) is 73.4 cm³/mol. The summed E-state index contributed by atoms with van der Waals surface area (Å²) in [5.41, 5.74) is 6.51. The van der Waals surface area contributed by atoms with E-state index >= 15 is 0 Å². The molecule has 0 saturated carbocycles. The zero-order valence-corrected chi connectivity index (χ0v) is 11.6. The molecule has 0 atom stereocenters. The van der Waals surface area contributed by atoms with Gasteiger partial charge < -0.3 is 19.9 Å². The molecule has 0 spiro atoms. The molecule has 5 heteroatoms.